The molecule has 0 amide bonds. The minimum atomic E-state index is 0. The molecule has 17 heavy (non-hydrogen) atoms. The molecular weight excluding hydrogens is 327 g/mol. The number of halogens is 1. The molecule has 2 N–H and O–H groups in total. The van der Waals surface area contributed by atoms with Crippen molar-refractivity contribution in [1.29, 1.82) is 0 Å². The summed E-state index contributed by atoms with van der Waals surface area (Å²) in [5, 5.41) is 6.60. The van der Waals surface area contributed by atoms with Gasteiger partial charge in [0.25, 0.3) is 0 Å². The highest BCUT2D eigenvalue weighted by Crippen LogP contribution is 2.00. The number of rotatable bonds is 2. The Morgan fingerprint density at radius 1 is 1.41 bits per heavy atom. The fraction of sp³-hybridized carbons (Fsp3) is 0.583. The van der Waals surface area contributed by atoms with E-state index in [4.69, 9.17) is 0 Å². The second kappa shape index (κ2) is 6.88. The maximum absolute atomic E-state index is 4.19. The number of aromatic nitrogens is 1. The zero-order valence-corrected chi connectivity index (χ0v) is 13.6. The van der Waals surface area contributed by atoms with Gasteiger partial charge in [0.2, 0.25) is 0 Å². The summed E-state index contributed by atoms with van der Waals surface area (Å²) < 4.78 is 2.09. The zero-order chi connectivity index (χ0) is 12.2. The summed E-state index contributed by atoms with van der Waals surface area (Å²) in [4.78, 5) is 4.19. The second-order valence-corrected chi connectivity index (χ2v) is 4.91. The minimum absolute atomic E-state index is 0. The lowest BCUT2D eigenvalue weighted by Crippen LogP contribution is -2.47. The van der Waals surface area contributed by atoms with Crippen LogP contribution in [0.25, 0.3) is 0 Å². The van der Waals surface area contributed by atoms with Gasteiger partial charge in [-0.3, -0.25) is 4.99 Å². The van der Waals surface area contributed by atoms with Gasteiger partial charge in [-0.1, -0.05) is 0 Å². The summed E-state index contributed by atoms with van der Waals surface area (Å²) in [5.41, 5.74) is 1.26. The molecule has 0 aliphatic heterocycles. The van der Waals surface area contributed by atoms with Gasteiger partial charge in [0.1, 0.15) is 0 Å². The summed E-state index contributed by atoms with van der Waals surface area (Å²) in [6, 6.07) is 4.13. The summed E-state index contributed by atoms with van der Waals surface area (Å²) in [6.45, 7) is 7.12. The molecule has 0 aromatic carbocycles. The molecule has 0 saturated carbocycles. The number of hydrogen-bond acceptors (Lipinski definition) is 1. The molecule has 1 aromatic heterocycles. The molecule has 0 radical (unpaired) electrons. The van der Waals surface area contributed by atoms with E-state index < -0.39 is 0 Å². The lowest BCUT2D eigenvalue weighted by atomic mass is 10.1. The van der Waals surface area contributed by atoms with Crippen LogP contribution in [0, 0.1) is 0 Å². The van der Waals surface area contributed by atoms with Gasteiger partial charge in [-0.25, -0.2) is 0 Å². The molecule has 0 unspecified atom stereocenters. The van der Waals surface area contributed by atoms with E-state index in [2.05, 4.69) is 47.0 Å². The first-order valence-corrected chi connectivity index (χ1v) is 5.51. The minimum Gasteiger partial charge on any atom is -0.353 e. The standard InChI is InChI=1S/C12H22N4.HI/c1-12(2,3)15-11(13-4)14-9-10-7-6-8-16(10)5;/h6-8H,9H2,1-5H3,(H2,13,14,15);1H. The fourth-order valence-corrected chi connectivity index (χ4v) is 1.39. The average molecular weight is 350 g/mol. The quantitative estimate of drug-likeness (QED) is 0.487. The summed E-state index contributed by atoms with van der Waals surface area (Å²) in [5.74, 6) is 0.827. The van der Waals surface area contributed by atoms with Crippen LogP contribution in [0.5, 0.6) is 0 Å². The van der Waals surface area contributed by atoms with Crippen molar-refractivity contribution in [3.63, 3.8) is 0 Å². The van der Waals surface area contributed by atoms with Gasteiger partial charge in [0, 0.05) is 31.5 Å². The second-order valence-electron chi connectivity index (χ2n) is 4.91. The third kappa shape index (κ3) is 5.95. The fourth-order valence-electron chi connectivity index (χ4n) is 1.39. The normalized spacial score (nSPS) is 11.9. The maximum atomic E-state index is 4.19. The van der Waals surface area contributed by atoms with Gasteiger partial charge in [0.05, 0.1) is 6.54 Å². The van der Waals surface area contributed by atoms with Crippen molar-refractivity contribution in [2.24, 2.45) is 12.0 Å². The zero-order valence-electron chi connectivity index (χ0n) is 11.2. The van der Waals surface area contributed by atoms with Gasteiger partial charge >= 0.3 is 0 Å². The molecule has 0 saturated heterocycles. The summed E-state index contributed by atoms with van der Waals surface area (Å²) in [6.07, 6.45) is 2.04. The van der Waals surface area contributed by atoms with Crippen molar-refractivity contribution < 1.29 is 0 Å². The Morgan fingerprint density at radius 2 is 2.06 bits per heavy atom. The average Bonchev–Trinajstić information content (AvgIpc) is 2.57. The lowest BCUT2D eigenvalue weighted by Gasteiger charge is -2.23. The van der Waals surface area contributed by atoms with Crippen LogP contribution < -0.4 is 10.6 Å². The first-order valence-electron chi connectivity index (χ1n) is 5.51. The first-order chi connectivity index (χ1) is 7.42. The number of aliphatic imine (C=N–C) groups is 1. The highest BCUT2D eigenvalue weighted by molar-refractivity contribution is 14.0. The van der Waals surface area contributed by atoms with Gasteiger partial charge in [0.15, 0.2) is 5.96 Å². The molecule has 98 valence electrons. The lowest BCUT2D eigenvalue weighted by molar-refractivity contribution is 0.500. The number of nitrogens with zero attached hydrogens (tertiary/aromatic N) is 2. The largest absolute Gasteiger partial charge is 0.353 e. The molecule has 5 heteroatoms. The Balaban J connectivity index is 0.00000256. The van der Waals surface area contributed by atoms with Gasteiger partial charge in [-0.2, -0.15) is 0 Å². The molecule has 1 rings (SSSR count). The van der Waals surface area contributed by atoms with E-state index in [0.29, 0.717) is 0 Å². The van der Waals surface area contributed by atoms with E-state index >= 15 is 0 Å². The monoisotopic (exact) mass is 350 g/mol. The van der Waals surface area contributed by atoms with Gasteiger partial charge in [-0.15, -0.1) is 24.0 Å². The molecule has 0 fully saturated rings. The van der Waals surface area contributed by atoms with Crippen LogP contribution in [0.4, 0.5) is 0 Å². The van der Waals surface area contributed by atoms with Gasteiger partial charge in [-0.05, 0) is 32.9 Å². The molecule has 4 nitrogen and oxygen atoms in total. The van der Waals surface area contributed by atoms with E-state index in [1.165, 1.54) is 5.69 Å². The third-order valence-corrected chi connectivity index (χ3v) is 2.21. The predicted molar refractivity (Wildman–Crippen MR) is 83.9 cm³/mol. The van der Waals surface area contributed by atoms with Crippen molar-refractivity contribution in [2.45, 2.75) is 32.9 Å². The van der Waals surface area contributed by atoms with Crippen LogP contribution in [0.15, 0.2) is 23.3 Å². The summed E-state index contributed by atoms with van der Waals surface area (Å²) >= 11 is 0. The van der Waals surface area contributed by atoms with E-state index in [0.717, 1.165) is 12.5 Å². The SMILES string of the molecule is CN=C(NCc1cccn1C)NC(C)(C)C.I. The van der Waals surface area contributed by atoms with Crippen molar-refractivity contribution in [3.05, 3.63) is 24.0 Å². The van der Waals surface area contributed by atoms with Crippen LogP contribution in [0.3, 0.4) is 0 Å². The van der Waals surface area contributed by atoms with Crippen molar-refractivity contribution in [1.82, 2.24) is 15.2 Å². The number of guanidine groups is 1. The molecule has 0 aliphatic rings. The number of aryl methyl sites for hydroxylation is 1. The molecule has 1 heterocycles. The van der Waals surface area contributed by atoms with Crippen LogP contribution in [-0.4, -0.2) is 23.1 Å². The van der Waals surface area contributed by atoms with E-state index in [1.54, 1.807) is 7.05 Å². The molecule has 0 atom stereocenters. The number of nitrogens with one attached hydrogen (secondary N) is 2. The Morgan fingerprint density at radius 3 is 2.47 bits per heavy atom. The molecule has 0 bridgehead atoms. The molecule has 0 spiro atoms. The molecular formula is C12H23IN4. The van der Waals surface area contributed by atoms with Crippen LogP contribution in [-0.2, 0) is 13.6 Å². The van der Waals surface area contributed by atoms with E-state index in [-0.39, 0.29) is 29.5 Å². The van der Waals surface area contributed by atoms with Crippen molar-refractivity contribution in [3.8, 4) is 0 Å². The van der Waals surface area contributed by atoms with Crippen LogP contribution >= 0.6 is 24.0 Å². The van der Waals surface area contributed by atoms with Crippen molar-refractivity contribution >= 4 is 29.9 Å². The number of hydrogen-bond donors (Lipinski definition) is 2. The Labute approximate surface area is 121 Å². The van der Waals surface area contributed by atoms with Crippen LogP contribution in [0.2, 0.25) is 0 Å². The predicted octanol–water partition coefficient (Wildman–Crippen LogP) is 2.11. The van der Waals surface area contributed by atoms with Crippen LogP contribution in [0.1, 0.15) is 26.5 Å². The molecule has 0 aliphatic carbocycles. The van der Waals surface area contributed by atoms with E-state index in [9.17, 15) is 0 Å². The Bertz CT molecular complexity index is 363. The highest BCUT2D eigenvalue weighted by atomic mass is 127. The topological polar surface area (TPSA) is 41.4 Å². The summed E-state index contributed by atoms with van der Waals surface area (Å²) in [7, 11) is 3.82. The van der Waals surface area contributed by atoms with Gasteiger partial charge < -0.3 is 15.2 Å². The first kappa shape index (κ1) is 16.3. The smallest absolute Gasteiger partial charge is 0.191 e. The Kier molecular flexibility index (Phi) is 6.59. The molecule has 1 aromatic rings. The maximum Gasteiger partial charge on any atom is 0.191 e. The van der Waals surface area contributed by atoms with Crippen molar-refractivity contribution in [2.75, 3.05) is 7.05 Å². The van der Waals surface area contributed by atoms with E-state index in [1.807, 2.05) is 19.3 Å². The third-order valence-electron chi connectivity index (χ3n) is 2.21. The highest BCUT2D eigenvalue weighted by Gasteiger charge is 2.11. The Hall–Kier alpha value is -0.720.